The lowest BCUT2D eigenvalue weighted by atomic mass is 10.3. The van der Waals surface area contributed by atoms with Crippen LogP contribution in [0, 0.1) is 0 Å². The van der Waals surface area contributed by atoms with Gasteiger partial charge in [0.2, 0.25) is 5.91 Å². The summed E-state index contributed by atoms with van der Waals surface area (Å²) in [6, 6.07) is 0.128. The standard InChI is InChI=1S/C10H17N5O/c1-7(2)14-9(16)5-15(3)10-8(11)4-12-6-13-10/h4,6-7H,5,11H2,1-3H3,(H,14,16). The van der Waals surface area contributed by atoms with Crippen molar-refractivity contribution in [3.05, 3.63) is 12.5 Å². The van der Waals surface area contributed by atoms with Crippen LogP contribution in [0.1, 0.15) is 13.8 Å². The zero-order chi connectivity index (χ0) is 12.1. The van der Waals surface area contributed by atoms with Gasteiger partial charge in [-0.15, -0.1) is 0 Å². The van der Waals surface area contributed by atoms with Gasteiger partial charge in [-0.2, -0.15) is 0 Å². The van der Waals surface area contributed by atoms with Crippen LogP contribution in [0.2, 0.25) is 0 Å². The summed E-state index contributed by atoms with van der Waals surface area (Å²) in [7, 11) is 1.76. The fourth-order valence-corrected chi connectivity index (χ4v) is 1.31. The van der Waals surface area contributed by atoms with E-state index in [0.717, 1.165) is 0 Å². The molecular weight excluding hydrogens is 206 g/mol. The van der Waals surface area contributed by atoms with E-state index in [0.29, 0.717) is 11.5 Å². The molecule has 88 valence electrons. The summed E-state index contributed by atoms with van der Waals surface area (Å²) >= 11 is 0. The van der Waals surface area contributed by atoms with E-state index in [1.54, 1.807) is 11.9 Å². The van der Waals surface area contributed by atoms with Gasteiger partial charge in [0, 0.05) is 13.1 Å². The van der Waals surface area contributed by atoms with Crippen LogP contribution < -0.4 is 16.0 Å². The van der Waals surface area contributed by atoms with Crippen molar-refractivity contribution in [2.75, 3.05) is 24.2 Å². The summed E-state index contributed by atoms with van der Waals surface area (Å²) in [6.45, 7) is 4.05. The van der Waals surface area contributed by atoms with Crippen molar-refractivity contribution in [1.82, 2.24) is 15.3 Å². The third kappa shape index (κ3) is 3.38. The molecule has 0 saturated carbocycles. The van der Waals surface area contributed by atoms with Gasteiger partial charge in [0.1, 0.15) is 6.33 Å². The highest BCUT2D eigenvalue weighted by Crippen LogP contribution is 2.15. The number of nitrogens with two attached hydrogens (primary N) is 1. The molecule has 3 N–H and O–H groups in total. The van der Waals surface area contributed by atoms with Crippen LogP contribution in [0.25, 0.3) is 0 Å². The SMILES string of the molecule is CC(C)NC(=O)CN(C)c1ncncc1N. The molecule has 0 saturated heterocycles. The summed E-state index contributed by atoms with van der Waals surface area (Å²) < 4.78 is 0. The minimum absolute atomic E-state index is 0.0597. The maximum Gasteiger partial charge on any atom is 0.239 e. The maximum absolute atomic E-state index is 11.5. The predicted molar refractivity (Wildman–Crippen MR) is 63.0 cm³/mol. The van der Waals surface area contributed by atoms with Crippen LogP contribution in [-0.4, -0.2) is 35.5 Å². The number of rotatable bonds is 4. The molecule has 0 spiro atoms. The number of carbonyl (C=O) groups is 1. The summed E-state index contributed by atoms with van der Waals surface area (Å²) in [6.07, 6.45) is 2.92. The highest BCUT2D eigenvalue weighted by molar-refractivity contribution is 5.82. The molecule has 0 aromatic carbocycles. The average molecular weight is 223 g/mol. The Morgan fingerprint density at radius 1 is 1.62 bits per heavy atom. The zero-order valence-electron chi connectivity index (χ0n) is 9.77. The van der Waals surface area contributed by atoms with Gasteiger partial charge in [0.25, 0.3) is 0 Å². The highest BCUT2D eigenvalue weighted by Gasteiger charge is 2.11. The third-order valence-corrected chi connectivity index (χ3v) is 1.91. The molecule has 0 aliphatic rings. The van der Waals surface area contributed by atoms with Gasteiger partial charge in [-0.1, -0.05) is 0 Å². The summed E-state index contributed by atoms with van der Waals surface area (Å²) in [5, 5.41) is 2.80. The smallest absolute Gasteiger partial charge is 0.239 e. The molecule has 1 amide bonds. The Balaban J connectivity index is 2.62. The Labute approximate surface area is 94.9 Å². The predicted octanol–water partition coefficient (Wildman–Crippen LogP) is 0.0196. The van der Waals surface area contributed by atoms with E-state index in [2.05, 4.69) is 15.3 Å². The van der Waals surface area contributed by atoms with Crippen molar-refractivity contribution >= 4 is 17.4 Å². The Hall–Kier alpha value is -1.85. The summed E-state index contributed by atoms with van der Waals surface area (Å²) in [5.41, 5.74) is 6.16. The Morgan fingerprint density at radius 3 is 2.88 bits per heavy atom. The molecule has 1 aromatic rings. The van der Waals surface area contributed by atoms with E-state index < -0.39 is 0 Å². The first-order valence-corrected chi connectivity index (χ1v) is 5.06. The molecule has 16 heavy (non-hydrogen) atoms. The molecule has 0 fully saturated rings. The van der Waals surface area contributed by atoms with Crippen molar-refractivity contribution in [2.24, 2.45) is 0 Å². The number of amides is 1. The molecule has 1 rings (SSSR count). The first kappa shape index (κ1) is 12.2. The van der Waals surface area contributed by atoms with Gasteiger partial charge in [0.15, 0.2) is 5.82 Å². The van der Waals surface area contributed by atoms with Crippen LogP contribution in [0.15, 0.2) is 12.5 Å². The molecule has 1 aromatic heterocycles. The second-order valence-electron chi connectivity index (χ2n) is 3.88. The molecule has 0 unspecified atom stereocenters. The Kier molecular flexibility index (Phi) is 4.04. The normalized spacial score (nSPS) is 10.2. The monoisotopic (exact) mass is 223 g/mol. The lowest BCUT2D eigenvalue weighted by Gasteiger charge is -2.19. The van der Waals surface area contributed by atoms with Crippen molar-refractivity contribution in [2.45, 2.75) is 19.9 Å². The van der Waals surface area contributed by atoms with E-state index in [1.165, 1.54) is 12.5 Å². The number of likely N-dealkylation sites (N-methyl/N-ethyl adjacent to an activating group) is 1. The molecule has 0 atom stereocenters. The van der Waals surface area contributed by atoms with Crippen LogP contribution >= 0.6 is 0 Å². The van der Waals surface area contributed by atoms with Gasteiger partial charge < -0.3 is 16.0 Å². The van der Waals surface area contributed by atoms with Gasteiger partial charge in [0.05, 0.1) is 18.4 Å². The van der Waals surface area contributed by atoms with E-state index in [1.807, 2.05) is 13.8 Å². The molecule has 6 nitrogen and oxygen atoms in total. The largest absolute Gasteiger partial charge is 0.394 e. The van der Waals surface area contributed by atoms with Crippen LogP contribution in [0.3, 0.4) is 0 Å². The van der Waals surface area contributed by atoms with E-state index in [-0.39, 0.29) is 18.5 Å². The molecule has 0 aliphatic carbocycles. The number of nitrogen functional groups attached to an aromatic ring is 1. The lowest BCUT2D eigenvalue weighted by molar-refractivity contribution is -0.120. The third-order valence-electron chi connectivity index (χ3n) is 1.91. The quantitative estimate of drug-likeness (QED) is 0.751. The number of aromatic nitrogens is 2. The topological polar surface area (TPSA) is 84.1 Å². The minimum Gasteiger partial charge on any atom is -0.394 e. The number of nitrogens with one attached hydrogen (secondary N) is 1. The molecule has 1 heterocycles. The van der Waals surface area contributed by atoms with Gasteiger partial charge in [-0.3, -0.25) is 4.79 Å². The van der Waals surface area contributed by atoms with Gasteiger partial charge in [-0.05, 0) is 13.8 Å². The van der Waals surface area contributed by atoms with Gasteiger partial charge in [-0.25, -0.2) is 9.97 Å². The lowest BCUT2D eigenvalue weighted by Crippen LogP contribution is -2.39. The summed E-state index contributed by atoms with van der Waals surface area (Å²) in [5.74, 6) is 0.504. The van der Waals surface area contributed by atoms with E-state index >= 15 is 0 Å². The van der Waals surface area contributed by atoms with E-state index in [4.69, 9.17) is 5.73 Å². The first-order valence-electron chi connectivity index (χ1n) is 5.06. The molecular formula is C10H17N5O. The second-order valence-corrected chi connectivity index (χ2v) is 3.88. The number of hydrogen-bond donors (Lipinski definition) is 2. The zero-order valence-corrected chi connectivity index (χ0v) is 9.77. The Morgan fingerprint density at radius 2 is 2.31 bits per heavy atom. The fraction of sp³-hybridized carbons (Fsp3) is 0.500. The van der Waals surface area contributed by atoms with E-state index in [9.17, 15) is 4.79 Å². The average Bonchev–Trinajstić information content (AvgIpc) is 2.16. The van der Waals surface area contributed by atoms with Crippen molar-refractivity contribution < 1.29 is 4.79 Å². The number of hydrogen-bond acceptors (Lipinski definition) is 5. The number of anilines is 2. The summed E-state index contributed by atoms with van der Waals surface area (Å²) in [4.78, 5) is 21.0. The minimum atomic E-state index is -0.0597. The van der Waals surface area contributed by atoms with Gasteiger partial charge >= 0.3 is 0 Å². The molecule has 0 bridgehead atoms. The van der Waals surface area contributed by atoms with Crippen LogP contribution in [0.4, 0.5) is 11.5 Å². The fourth-order valence-electron chi connectivity index (χ4n) is 1.31. The first-order chi connectivity index (χ1) is 7.50. The highest BCUT2D eigenvalue weighted by atomic mass is 16.2. The number of nitrogens with zero attached hydrogens (tertiary/aromatic N) is 3. The van der Waals surface area contributed by atoms with Crippen molar-refractivity contribution in [3.8, 4) is 0 Å². The molecule has 0 radical (unpaired) electrons. The van der Waals surface area contributed by atoms with Crippen molar-refractivity contribution in [3.63, 3.8) is 0 Å². The second kappa shape index (κ2) is 5.29. The Bertz CT molecular complexity index is 366. The maximum atomic E-state index is 11.5. The van der Waals surface area contributed by atoms with Crippen molar-refractivity contribution in [1.29, 1.82) is 0 Å². The number of carbonyl (C=O) groups excluding carboxylic acids is 1. The van der Waals surface area contributed by atoms with Crippen LogP contribution in [0.5, 0.6) is 0 Å². The molecule has 0 aliphatic heterocycles. The molecule has 6 heteroatoms. The van der Waals surface area contributed by atoms with Crippen LogP contribution in [-0.2, 0) is 4.79 Å².